The van der Waals surface area contributed by atoms with Crippen LogP contribution in [0, 0.1) is 0 Å². The largest absolute Gasteiger partial charge is 0.496 e. The molecule has 1 aromatic rings. The second-order valence-electron chi connectivity index (χ2n) is 5.16. The van der Waals surface area contributed by atoms with E-state index in [-0.39, 0.29) is 12.0 Å². The van der Waals surface area contributed by atoms with E-state index in [1.165, 1.54) is 28.4 Å². The molecule has 0 saturated carbocycles. The van der Waals surface area contributed by atoms with Crippen molar-refractivity contribution in [2.45, 2.75) is 0 Å². The van der Waals surface area contributed by atoms with Crippen LogP contribution in [0.25, 0.3) is 0 Å². The van der Waals surface area contributed by atoms with E-state index in [1.54, 1.807) is 21.9 Å². The number of carbonyl (C=O) groups is 2. The molecule has 0 aliphatic carbocycles. The molecule has 1 aliphatic heterocycles. The zero-order valence-electron chi connectivity index (χ0n) is 14.3. The number of hydrogen-bond donors (Lipinski definition) is 0. The molecule has 0 radical (unpaired) electrons. The molecule has 24 heavy (non-hydrogen) atoms. The van der Waals surface area contributed by atoms with Crippen LogP contribution in [0.4, 0.5) is 4.79 Å². The number of rotatable bonds is 4. The molecular weight excluding hydrogens is 316 g/mol. The Bertz CT molecular complexity index is 586. The number of piperazine rings is 1. The first kappa shape index (κ1) is 17.7. The molecule has 2 rings (SSSR count). The van der Waals surface area contributed by atoms with Crippen LogP contribution in [-0.4, -0.2) is 76.4 Å². The van der Waals surface area contributed by atoms with Gasteiger partial charge in [-0.05, 0) is 0 Å². The minimum atomic E-state index is -0.387. The van der Waals surface area contributed by atoms with Crippen LogP contribution in [0.3, 0.4) is 0 Å². The van der Waals surface area contributed by atoms with Gasteiger partial charge in [0, 0.05) is 38.3 Å². The molecule has 0 unspecified atom stereocenters. The van der Waals surface area contributed by atoms with Crippen LogP contribution in [-0.2, 0) is 4.74 Å². The molecule has 132 valence electrons. The zero-order valence-corrected chi connectivity index (χ0v) is 14.3. The number of carbonyl (C=O) groups excluding carboxylic acids is 2. The molecule has 1 saturated heterocycles. The van der Waals surface area contributed by atoms with E-state index < -0.39 is 0 Å². The maximum atomic E-state index is 12.9. The van der Waals surface area contributed by atoms with Crippen LogP contribution >= 0.6 is 0 Å². The van der Waals surface area contributed by atoms with Gasteiger partial charge >= 0.3 is 6.09 Å². The highest BCUT2D eigenvalue weighted by molar-refractivity contribution is 6.00. The Morgan fingerprint density at radius 1 is 0.833 bits per heavy atom. The number of ether oxygens (including phenoxy) is 4. The zero-order chi connectivity index (χ0) is 17.7. The van der Waals surface area contributed by atoms with E-state index in [4.69, 9.17) is 18.9 Å². The van der Waals surface area contributed by atoms with Gasteiger partial charge in [0.15, 0.2) is 0 Å². The van der Waals surface area contributed by atoms with Gasteiger partial charge in [-0.2, -0.15) is 0 Å². The third-order valence-electron chi connectivity index (χ3n) is 3.93. The molecule has 8 nitrogen and oxygen atoms in total. The van der Waals surface area contributed by atoms with Crippen molar-refractivity contribution in [3.63, 3.8) is 0 Å². The Balaban J connectivity index is 2.22. The molecule has 1 aliphatic rings. The average molecular weight is 338 g/mol. The fourth-order valence-corrected chi connectivity index (χ4v) is 2.60. The highest BCUT2D eigenvalue weighted by Crippen LogP contribution is 2.35. The summed E-state index contributed by atoms with van der Waals surface area (Å²) in [5.74, 6) is 1.09. The lowest BCUT2D eigenvalue weighted by atomic mass is 10.1. The summed E-state index contributed by atoms with van der Waals surface area (Å²) in [7, 11) is 5.84. The minimum Gasteiger partial charge on any atom is -0.496 e. The Morgan fingerprint density at radius 3 is 1.75 bits per heavy atom. The van der Waals surface area contributed by atoms with Crippen molar-refractivity contribution < 1.29 is 28.5 Å². The Hall–Kier alpha value is -2.64. The van der Waals surface area contributed by atoms with Gasteiger partial charge in [-0.1, -0.05) is 0 Å². The summed E-state index contributed by atoms with van der Waals surface area (Å²) in [6, 6.07) is 3.28. The lowest BCUT2D eigenvalue weighted by Gasteiger charge is -2.34. The lowest BCUT2D eigenvalue weighted by molar-refractivity contribution is 0.0593. The smallest absolute Gasteiger partial charge is 0.409 e. The molecule has 0 aromatic heterocycles. The second kappa shape index (κ2) is 7.76. The SMILES string of the molecule is COC(=O)N1CCN(C(=O)c2c(OC)cc(OC)cc2OC)CC1. The van der Waals surface area contributed by atoms with Crippen molar-refractivity contribution in [3.05, 3.63) is 17.7 Å². The normalized spacial score (nSPS) is 14.2. The Kier molecular flexibility index (Phi) is 5.73. The maximum absolute atomic E-state index is 12.9. The molecule has 1 aromatic carbocycles. The van der Waals surface area contributed by atoms with Crippen molar-refractivity contribution in [3.8, 4) is 17.2 Å². The van der Waals surface area contributed by atoms with Crippen molar-refractivity contribution >= 4 is 12.0 Å². The second-order valence-corrected chi connectivity index (χ2v) is 5.16. The van der Waals surface area contributed by atoms with Gasteiger partial charge in [-0.25, -0.2) is 4.79 Å². The van der Waals surface area contributed by atoms with E-state index in [0.717, 1.165) is 0 Å². The van der Waals surface area contributed by atoms with E-state index in [1.807, 2.05) is 0 Å². The molecule has 1 heterocycles. The van der Waals surface area contributed by atoms with Gasteiger partial charge < -0.3 is 28.7 Å². The third-order valence-corrected chi connectivity index (χ3v) is 3.93. The summed E-state index contributed by atoms with van der Waals surface area (Å²) >= 11 is 0. The van der Waals surface area contributed by atoms with Gasteiger partial charge in [-0.15, -0.1) is 0 Å². The van der Waals surface area contributed by atoms with Crippen LogP contribution in [0.1, 0.15) is 10.4 Å². The Labute approximate surface area is 140 Å². The Morgan fingerprint density at radius 2 is 1.33 bits per heavy atom. The van der Waals surface area contributed by atoms with Gasteiger partial charge in [0.25, 0.3) is 5.91 Å². The fourth-order valence-electron chi connectivity index (χ4n) is 2.60. The molecule has 1 fully saturated rings. The van der Waals surface area contributed by atoms with E-state index in [0.29, 0.717) is 49.0 Å². The first-order valence-corrected chi connectivity index (χ1v) is 7.47. The quantitative estimate of drug-likeness (QED) is 0.822. The first-order valence-electron chi connectivity index (χ1n) is 7.47. The van der Waals surface area contributed by atoms with Crippen molar-refractivity contribution in [1.29, 1.82) is 0 Å². The van der Waals surface area contributed by atoms with Crippen LogP contribution in [0.2, 0.25) is 0 Å². The summed E-state index contributed by atoms with van der Waals surface area (Å²) in [4.78, 5) is 27.6. The van der Waals surface area contributed by atoms with Crippen LogP contribution in [0.5, 0.6) is 17.2 Å². The van der Waals surface area contributed by atoms with E-state index in [2.05, 4.69) is 0 Å². The number of hydrogen-bond acceptors (Lipinski definition) is 6. The van der Waals surface area contributed by atoms with Gasteiger partial charge in [0.1, 0.15) is 22.8 Å². The molecule has 0 N–H and O–H groups in total. The predicted octanol–water partition coefficient (Wildman–Crippen LogP) is 1.24. The number of nitrogens with zero attached hydrogens (tertiary/aromatic N) is 2. The summed E-state index contributed by atoms with van der Waals surface area (Å²) in [6.07, 6.45) is -0.387. The maximum Gasteiger partial charge on any atom is 0.409 e. The first-order chi connectivity index (χ1) is 11.5. The van der Waals surface area contributed by atoms with Crippen molar-refractivity contribution in [2.24, 2.45) is 0 Å². The van der Waals surface area contributed by atoms with Crippen molar-refractivity contribution in [2.75, 3.05) is 54.6 Å². The monoisotopic (exact) mass is 338 g/mol. The molecule has 0 atom stereocenters. The van der Waals surface area contributed by atoms with Gasteiger partial charge in [-0.3, -0.25) is 4.79 Å². The summed E-state index contributed by atoms with van der Waals surface area (Å²) in [6.45, 7) is 1.65. The van der Waals surface area contributed by atoms with Gasteiger partial charge in [0.2, 0.25) is 0 Å². The number of amides is 2. The molecular formula is C16H22N2O6. The van der Waals surface area contributed by atoms with Gasteiger partial charge in [0.05, 0.1) is 28.4 Å². The number of benzene rings is 1. The molecule has 0 spiro atoms. The number of methoxy groups -OCH3 is 4. The molecule has 2 amide bonds. The molecule has 8 heteroatoms. The molecule has 0 bridgehead atoms. The summed E-state index contributed by atoms with van der Waals surface area (Å²) < 4.78 is 20.5. The summed E-state index contributed by atoms with van der Waals surface area (Å²) in [5.41, 5.74) is 0.340. The van der Waals surface area contributed by atoms with E-state index in [9.17, 15) is 9.59 Å². The van der Waals surface area contributed by atoms with Crippen LogP contribution in [0.15, 0.2) is 12.1 Å². The highest BCUT2D eigenvalue weighted by Gasteiger charge is 2.29. The lowest BCUT2D eigenvalue weighted by Crippen LogP contribution is -2.50. The topological polar surface area (TPSA) is 77.5 Å². The predicted molar refractivity (Wildman–Crippen MR) is 86.0 cm³/mol. The van der Waals surface area contributed by atoms with E-state index >= 15 is 0 Å². The van der Waals surface area contributed by atoms with Crippen molar-refractivity contribution in [1.82, 2.24) is 9.80 Å². The highest BCUT2D eigenvalue weighted by atomic mass is 16.5. The van der Waals surface area contributed by atoms with Crippen LogP contribution < -0.4 is 14.2 Å². The fraction of sp³-hybridized carbons (Fsp3) is 0.500. The summed E-state index contributed by atoms with van der Waals surface area (Å²) in [5, 5.41) is 0. The minimum absolute atomic E-state index is 0.212. The standard InChI is InChI=1S/C16H22N2O6/c1-21-11-9-12(22-2)14(13(10-11)23-3)15(19)17-5-7-18(8-6-17)16(20)24-4/h9-10H,5-8H2,1-4H3. The third kappa shape index (κ3) is 3.47. The average Bonchev–Trinajstić information content (AvgIpc) is 2.65.